The van der Waals surface area contributed by atoms with Gasteiger partial charge in [-0.3, -0.25) is 0 Å². The SMILES string of the molecule is CCCS(=O)(=O)c1ncc(Br)cc1N. The Morgan fingerprint density at radius 3 is 2.71 bits per heavy atom. The van der Waals surface area contributed by atoms with Crippen molar-refractivity contribution in [3.8, 4) is 0 Å². The smallest absolute Gasteiger partial charge is 0.197 e. The highest BCUT2D eigenvalue weighted by Gasteiger charge is 2.18. The summed E-state index contributed by atoms with van der Waals surface area (Å²) in [6, 6.07) is 1.54. The molecule has 0 unspecified atom stereocenters. The molecule has 78 valence electrons. The fourth-order valence-electron chi connectivity index (χ4n) is 1.07. The predicted octanol–water partition coefficient (Wildman–Crippen LogP) is 1.61. The van der Waals surface area contributed by atoms with E-state index in [1.807, 2.05) is 0 Å². The molecule has 0 aliphatic carbocycles. The number of nitrogen functional groups attached to an aromatic ring is 1. The van der Waals surface area contributed by atoms with Crippen molar-refractivity contribution in [2.45, 2.75) is 18.4 Å². The van der Waals surface area contributed by atoms with Gasteiger partial charge in [-0.05, 0) is 28.4 Å². The van der Waals surface area contributed by atoms with E-state index < -0.39 is 9.84 Å². The van der Waals surface area contributed by atoms with E-state index in [0.717, 1.165) is 0 Å². The first-order chi connectivity index (χ1) is 6.47. The number of hydrogen-bond acceptors (Lipinski definition) is 4. The van der Waals surface area contributed by atoms with Crippen LogP contribution in [0.3, 0.4) is 0 Å². The van der Waals surface area contributed by atoms with Crippen LogP contribution in [0.1, 0.15) is 13.3 Å². The lowest BCUT2D eigenvalue weighted by molar-refractivity contribution is 0.591. The Kier molecular flexibility index (Phi) is 3.49. The molecule has 0 aliphatic heterocycles. The van der Waals surface area contributed by atoms with Crippen LogP contribution in [0.15, 0.2) is 21.8 Å². The number of aromatic nitrogens is 1. The molecule has 0 fully saturated rings. The summed E-state index contributed by atoms with van der Waals surface area (Å²) in [5, 5.41) is -0.0254. The zero-order chi connectivity index (χ0) is 10.8. The molecular weight excluding hydrogens is 268 g/mol. The van der Waals surface area contributed by atoms with Crippen LogP contribution in [0.5, 0.6) is 0 Å². The number of halogens is 1. The fraction of sp³-hybridized carbons (Fsp3) is 0.375. The van der Waals surface area contributed by atoms with Crippen molar-refractivity contribution >= 4 is 31.5 Å². The second-order valence-corrected chi connectivity index (χ2v) is 5.81. The van der Waals surface area contributed by atoms with Crippen molar-refractivity contribution in [3.63, 3.8) is 0 Å². The Bertz CT molecular complexity index is 431. The van der Waals surface area contributed by atoms with E-state index >= 15 is 0 Å². The second-order valence-electron chi connectivity index (χ2n) is 2.87. The van der Waals surface area contributed by atoms with E-state index in [2.05, 4.69) is 20.9 Å². The largest absolute Gasteiger partial charge is 0.396 e. The summed E-state index contributed by atoms with van der Waals surface area (Å²) in [7, 11) is -3.31. The molecule has 14 heavy (non-hydrogen) atoms. The van der Waals surface area contributed by atoms with E-state index in [0.29, 0.717) is 10.9 Å². The Morgan fingerprint density at radius 2 is 2.21 bits per heavy atom. The predicted molar refractivity (Wildman–Crippen MR) is 58.7 cm³/mol. The quantitative estimate of drug-likeness (QED) is 0.912. The van der Waals surface area contributed by atoms with Gasteiger partial charge in [-0.15, -0.1) is 0 Å². The number of sulfone groups is 1. The Morgan fingerprint density at radius 1 is 1.57 bits per heavy atom. The van der Waals surface area contributed by atoms with Gasteiger partial charge in [-0.25, -0.2) is 13.4 Å². The van der Waals surface area contributed by atoms with Crippen LogP contribution in [-0.4, -0.2) is 19.2 Å². The summed E-state index contributed by atoms with van der Waals surface area (Å²) >= 11 is 3.16. The van der Waals surface area contributed by atoms with Gasteiger partial charge in [0.25, 0.3) is 0 Å². The monoisotopic (exact) mass is 278 g/mol. The van der Waals surface area contributed by atoms with Gasteiger partial charge in [0, 0.05) is 10.7 Å². The third-order valence-corrected chi connectivity index (χ3v) is 3.92. The Balaban J connectivity index is 3.20. The standard InChI is InChI=1S/C8H11BrN2O2S/c1-2-3-14(12,13)8-7(10)4-6(9)5-11-8/h4-5H,2-3,10H2,1H3. The highest BCUT2D eigenvalue weighted by molar-refractivity contribution is 9.10. The van der Waals surface area contributed by atoms with E-state index in [1.54, 1.807) is 6.92 Å². The van der Waals surface area contributed by atoms with Crippen molar-refractivity contribution < 1.29 is 8.42 Å². The summed E-state index contributed by atoms with van der Waals surface area (Å²) in [4.78, 5) is 3.81. The number of nitrogens with two attached hydrogens (primary N) is 1. The average molecular weight is 279 g/mol. The minimum absolute atomic E-state index is 0.0254. The first-order valence-electron chi connectivity index (χ1n) is 4.11. The van der Waals surface area contributed by atoms with Crippen molar-refractivity contribution in [2.24, 2.45) is 0 Å². The Labute approximate surface area is 91.6 Å². The molecule has 0 atom stereocenters. The summed E-state index contributed by atoms with van der Waals surface area (Å²) < 4.78 is 23.9. The van der Waals surface area contributed by atoms with E-state index in [1.165, 1.54) is 12.3 Å². The van der Waals surface area contributed by atoms with Crippen molar-refractivity contribution in [1.29, 1.82) is 0 Å². The lowest BCUT2D eigenvalue weighted by Crippen LogP contribution is -2.10. The molecule has 0 radical (unpaired) electrons. The van der Waals surface area contributed by atoms with Gasteiger partial charge in [-0.1, -0.05) is 6.92 Å². The van der Waals surface area contributed by atoms with E-state index in [4.69, 9.17) is 5.73 Å². The summed E-state index contributed by atoms with van der Waals surface area (Å²) in [6.45, 7) is 1.80. The first-order valence-corrected chi connectivity index (χ1v) is 6.55. The number of pyridine rings is 1. The van der Waals surface area contributed by atoms with E-state index in [9.17, 15) is 8.42 Å². The second kappa shape index (κ2) is 4.27. The molecule has 1 heterocycles. The minimum atomic E-state index is -3.31. The zero-order valence-electron chi connectivity index (χ0n) is 7.70. The fourth-order valence-corrected chi connectivity index (χ4v) is 2.78. The van der Waals surface area contributed by atoms with Crippen LogP contribution < -0.4 is 5.73 Å². The van der Waals surface area contributed by atoms with Crippen molar-refractivity contribution in [1.82, 2.24) is 4.98 Å². The normalized spacial score (nSPS) is 11.6. The van der Waals surface area contributed by atoms with E-state index in [-0.39, 0.29) is 16.5 Å². The molecular formula is C8H11BrN2O2S. The lowest BCUT2D eigenvalue weighted by atomic mass is 10.4. The molecule has 1 rings (SSSR count). The molecule has 0 aromatic carbocycles. The van der Waals surface area contributed by atoms with Gasteiger partial charge in [0.2, 0.25) is 0 Å². The first kappa shape index (κ1) is 11.5. The summed E-state index contributed by atoms with van der Waals surface area (Å²) in [5.41, 5.74) is 5.75. The van der Waals surface area contributed by atoms with Crippen molar-refractivity contribution in [2.75, 3.05) is 11.5 Å². The average Bonchev–Trinajstić information content (AvgIpc) is 2.02. The number of anilines is 1. The molecule has 0 aliphatic rings. The summed E-state index contributed by atoms with van der Waals surface area (Å²) in [5.74, 6) is 0.0752. The maximum absolute atomic E-state index is 11.6. The highest BCUT2D eigenvalue weighted by Crippen LogP contribution is 2.21. The highest BCUT2D eigenvalue weighted by atomic mass is 79.9. The van der Waals surface area contributed by atoms with Gasteiger partial charge in [0.15, 0.2) is 14.9 Å². The van der Waals surface area contributed by atoms with Crippen LogP contribution in [0.25, 0.3) is 0 Å². The van der Waals surface area contributed by atoms with Gasteiger partial charge in [-0.2, -0.15) is 0 Å². The third-order valence-electron chi connectivity index (χ3n) is 1.61. The van der Waals surface area contributed by atoms with Gasteiger partial charge < -0.3 is 5.73 Å². The number of nitrogens with zero attached hydrogens (tertiary/aromatic N) is 1. The molecule has 0 saturated heterocycles. The molecule has 0 amide bonds. The van der Waals surface area contributed by atoms with Crippen LogP contribution in [0.4, 0.5) is 5.69 Å². The molecule has 1 aromatic rings. The molecule has 0 bridgehead atoms. The maximum Gasteiger partial charge on any atom is 0.197 e. The van der Waals surface area contributed by atoms with Crippen LogP contribution in [-0.2, 0) is 9.84 Å². The molecule has 1 aromatic heterocycles. The molecule has 6 heteroatoms. The summed E-state index contributed by atoms with van der Waals surface area (Å²) in [6.07, 6.45) is 1.98. The van der Waals surface area contributed by atoms with Gasteiger partial charge in [0.05, 0.1) is 11.4 Å². The Hall–Kier alpha value is -0.620. The third kappa shape index (κ3) is 2.45. The van der Waals surface area contributed by atoms with Crippen LogP contribution in [0.2, 0.25) is 0 Å². The van der Waals surface area contributed by atoms with Gasteiger partial charge >= 0.3 is 0 Å². The molecule has 4 nitrogen and oxygen atoms in total. The number of hydrogen-bond donors (Lipinski definition) is 1. The van der Waals surface area contributed by atoms with Gasteiger partial charge in [0.1, 0.15) is 0 Å². The lowest BCUT2D eigenvalue weighted by Gasteiger charge is -2.04. The minimum Gasteiger partial charge on any atom is -0.396 e. The van der Waals surface area contributed by atoms with Crippen LogP contribution >= 0.6 is 15.9 Å². The molecule has 0 saturated carbocycles. The number of rotatable bonds is 3. The van der Waals surface area contributed by atoms with Crippen LogP contribution in [0, 0.1) is 0 Å². The molecule has 0 spiro atoms. The zero-order valence-corrected chi connectivity index (χ0v) is 10.1. The van der Waals surface area contributed by atoms with Crippen molar-refractivity contribution in [3.05, 3.63) is 16.7 Å². The maximum atomic E-state index is 11.6. The molecule has 2 N–H and O–H groups in total. The topological polar surface area (TPSA) is 73.0 Å².